The van der Waals surface area contributed by atoms with Gasteiger partial charge in [-0.2, -0.15) is 0 Å². The average molecular weight is 295 g/mol. The molecule has 112 valence electrons. The molecule has 0 radical (unpaired) electrons. The van der Waals surface area contributed by atoms with Gasteiger partial charge in [-0.05, 0) is 25.7 Å². The molecule has 3 rings (SSSR count). The normalized spacial score (nSPS) is 22.7. The summed E-state index contributed by atoms with van der Waals surface area (Å²) >= 11 is 1.88. The third-order valence-corrected chi connectivity index (χ3v) is 5.35. The van der Waals surface area contributed by atoms with Gasteiger partial charge in [-0.3, -0.25) is 0 Å². The van der Waals surface area contributed by atoms with Gasteiger partial charge in [-0.15, -0.1) is 11.3 Å². The predicted octanol–water partition coefficient (Wildman–Crippen LogP) is 2.43. The lowest BCUT2D eigenvalue weighted by molar-refractivity contribution is 0.161. The molecule has 2 aliphatic rings. The van der Waals surface area contributed by atoms with Gasteiger partial charge in [0.25, 0.3) is 0 Å². The third kappa shape index (κ3) is 3.32. The molecule has 1 aliphatic heterocycles. The van der Waals surface area contributed by atoms with Crippen molar-refractivity contribution in [2.24, 2.45) is 5.92 Å². The summed E-state index contributed by atoms with van der Waals surface area (Å²) in [5, 5.41) is 4.83. The zero-order valence-electron chi connectivity index (χ0n) is 12.5. The van der Waals surface area contributed by atoms with Crippen LogP contribution in [0.3, 0.4) is 0 Å². The molecule has 0 aromatic carbocycles. The Bertz CT molecular complexity index is 444. The van der Waals surface area contributed by atoms with Crippen LogP contribution in [0.1, 0.15) is 36.8 Å². The molecule has 1 aromatic rings. The summed E-state index contributed by atoms with van der Waals surface area (Å²) in [6, 6.07) is 0.767. The number of thiazole rings is 1. The number of hydrogen-bond acceptors (Lipinski definition) is 5. The van der Waals surface area contributed by atoms with E-state index >= 15 is 0 Å². The van der Waals surface area contributed by atoms with E-state index in [0.29, 0.717) is 5.92 Å². The van der Waals surface area contributed by atoms with E-state index in [1.54, 1.807) is 7.11 Å². The van der Waals surface area contributed by atoms with Crippen LogP contribution in [0.25, 0.3) is 0 Å². The average Bonchev–Trinajstić information content (AvgIpc) is 3.00. The number of ether oxygens (including phenoxy) is 1. The number of methoxy groups -OCH3 is 1. The lowest BCUT2D eigenvalue weighted by Gasteiger charge is -2.14. The van der Waals surface area contributed by atoms with Crippen molar-refractivity contribution in [2.75, 3.05) is 31.7 Å². The Hall–Kier alpha value is -0.650. The number of rotatable bonds is 7. The first kappa shape index (κ1) is 14.3. The lowest BCUT2D eigenvalue weighted by atomic mass is 10.1. The molecule has 0 spiro atoms. The molecule has 0 bridgehead atoms. The number of anilines is 1. The molecule has 2 heterocycles. The van der Waals surface area contributed by atoms with E-state index in [2.05, 4.69) is 17.1 Å². The minimum absolute atomic E-state index is 0.669. The van der Waals surface area contributed by atoms with Crippen molar-refractivity contribution in [3.63, 3.8) is 0 Å². The van der Waals surface area contributed by atoms with Crippen LogP contribution in [0.4, 0.5) is 5.13 Å². The van der Waals surface area contributed by atoms with E-state index in [-0.39, 0.29) is 0 Å². The minimum Gasteiger partial charge on any atom is -0.384 e. The summed E-state index contributed by atoms with van der Waals surface area (Å²) in [6.07, 6.45) is 4.95. The van der Waals surface area contributed by atoms with E-state index in [9.17, 15) is 0 Å². The number of nitrogens with one attached hydrogen (secondary N) is 1. The Labute approximate surface area is 125 Å². The molecule has 0 amide bonds. The Balaban J connectivity index is 1.63. The third-order valence-electron chi connectivity index (χ3n) is 4.19. The summed E-state index contributed by atoms with van der Waals surface area (Å²) in [5.41, 5.74) is 1.29. The molecule has 20 heavy (non-hydrogen) atoms. The van der Waals surface area contributed by atoms with Gasteiger partial charge >= 0.3 is 0 Å². The smallest absolute Gasteiger partial charge is 0.185 e. The highest BCUT2D eigenvalue weighted by molar-refractivity contribution is 7.15. The van der Waals surface area contributed by atoms with Crippen molar-refractivity contribution in [2.45, 2.75) is 45.2 Å². The molecule has 1 saturated carbocycles. The summed E-state index contributed by atoms with van der Waals surface area (Å²) in [7, 11) is 1.79. The Morgan fingerprint density at radius 3 is 2.95 bits per heavy atom. The molecular formula is C15H25N3OS. The first-order valence-electron chi connectivity index (χ1n) is 7.76. The van der Waals surface area contributed by atoms with Crippen LogP contribution in [0.2, 0.25) is 0 Å². The van der Waals surface area contributed by atoms with Crippen molar-refractivity contribution < 1.29 is 4.74 Å². The summed E-state index contributed by atoms with van der Waals surface area (Å²) in [5.74, 6) is 0.669. The standard InChI is InChI=1S/C15H25N3OS/c1-3-13-14(8-16-12-4-5-12)20-15(17-13)18-7-6-11(9-18)10-19-2/h11-12,16H,3-10H2,1-2H3. The van der Waals surface area contributed by atoms with Crippen molar-refractivity contribution >= 4 is 16.5 Å². The van der Waals surface area contributed by atoms with Crippen LogP contribution in [0.15, 0.2) is 0 Å². The second-order valence-corrected chi connectivity index (χ2v) is 6.99. The van der Waals surface area contributed by atoms with Gasteiger partial charge in [0.1, 0.15) is 0 Å². The molecule has 1 aromatic heterocycles. The molecule has 1 atom stereocenters. The number of aromatic nitrogens is 1. The van der Waals surface area contributed by atoms with Gasteiger partial charge in [-0.25, -0.2) is 4.98 Å². The minimum atomic E-state index is 0.669. The van der Waals surface area contributed by atoms with E-state index in [0.717, 1.165) is 38.7 Å². The van der Waals surface area contributed by atoms with Crippen molar-refractivity contribution in [3.05, 3.63) is 10.6 Å². The van der Waals surface area contributed by atoms with Gasteiger partial charge in [0, 0.05) is 43.6 Å². The topological polar surface area (TPSA) is 37.4 Å². The van der Waals surface area contributed by atoms with Gasteiger partial charge in [0.2, 0.25) is 0 Å². The first-order valence-corrected chi connectivity index (χ1v) is 8.57. The summed E-state index contributed by atoms with van der Waals surface area (Å²) in [4.78, 5) is 8.74. The van der Waals surface area contributed by atoms with Crippen LogP contribution in [-0.4, -0.2) is 37.8 Å². The molecule has 1 N–H and O–H groups in total. The monoisotopic (exact) mass is 295 g/mol. The van der Waals surface area contributed by atoms with Crippen LogP contribution in [0, 0.1) is 5.92 Å². The van der Waals surface area contributed by atoms with E-state index in [1.807, 2.05) is 11.3 Å². The summed E-state index contributed by atoms with van der Waals surface area (Å²) in [6.45, 7) is 6.30. The maximum atomic E-state index is 5.28. The van der Waals surface area contributed by atoms with Crippen molar-refractivity contribution in [3.8, 4) is 0 Å². The fraction of sp³-hybridized carbons (Fsp3) is 0.800. The Morgan fingerprint density at radius 1 is 1.40 bits per heavy atom. The molecule has 2 fully saturated rings. The number of hydrogen-bond donors (Lipinski definition) is 1. The first-order chi connectivity index (χ1) is 9.80. The summed E-state index contributed by atoms with van der Waals surface area (Å²) < 4.78 is 5.28. The molecule has 1 aliphatic carbocycles. The Morgan fingerprint density at radius 2 is 2.25 bits per heavy atom. The van der Waals surface area contributed by atoms with Crippen LogP contribution < -0.4 is 10.2 Å². The fourth-order valence-electron chi connectivity index (χ4n) is 2.82. The number of nitrogens with zero attached hydrogens (tertiary/aromatic N) is 2. The van der Waals surface area contributed by atoms with Crippen molar-refractivity contribution in [1.82, 2.24) is 10.3 Å². The molecule has 5 heteroatoms. The molecular weight excluding hydrogens is 270 g/mol. The highest BCUT2D eigenvalue weighted by Crippen LogP contribution is 2.31. The van der Waals surface area contributed by atoms with Gasteiger partial charge in [-0.1, -0.05) is 6.92 Å². The highest BCUT2D eigenvalue weighted by Gasteiger charge is 2.26. The zero-order chi connectivity index (χ0) is 13.9. The van der Waals surface area contributed by atoms with Crippen LogP contribution in [0.5, 0.6) is 0 Å². The Kier molecular flexibility index (Phi) is 4.58. The molecule has 1 unspecified atom stereocenters. The molecule has 4 nitrogen and oxygen atoms in total. The maximum Gasteiger partial charge on any atom is 0.185 e. The van der Waals surface area contributed by atoms with Gasteiger partial charge in [0.05, 0.1) is 12.3 Å². The SMILES string of the molecule is CCc1nc(N2CCC(COC)C2)sc1CNC1CC1. The van der Waals surface area contributed by atoms with Crippen LogP contribution in [-0.2, 0) is 17.7 Å². The quantitative estimate of drug-likeness (QED) is 0.838. The maximum absolute atomic E-state index is 5.28. The number of aryl methyl sites for hydroxylation is 1. The van der Waals surface area contributed by atoms with Gasteiger partial charge in [0.15, 0.2) is 5.13 Å². The zero-order valence-corrected chi connectivity index (χ0v) is 13.3. The highest BCUT2D eigenvalue weighted by atomic mass is 32.1. The largest absolute Gasteiger partial charge is 0.384 e. The van der Waals surface area contributed by atoms with Crippen molar-refractivity contribution in [1.29, 1.82) is 0 Å². The molecule has 1 saturated heterocycles. The lowest BCUT2D eigenvalue weighted by Crippen LogP contribution is -2.20. The van der Waals surface area contributed by atoms with Gasteiger partial charge < -0.3 is 15.0 Å². The van der Waals surface area contributed by atoms with E-state index < -0.39 is 0 Å². The second kappa shape index (κ2) is 6.41. The van der Waals surface area contributed by atoms with Crippen LogP contribution >= 0.6 is 11.3 Å². The fourth-order valence-corrected chi connectivity index (χ4v) is 3.96. The van der Waals surface area contributed by atoms with E-state index in [4.69, 9.17) is 9.72 Å². The second-order valence-electron chi connectivity index (χ2n) is 5.93. The predicted molar refractivity (Wildman–Crippen MR) is 83.5 cm³/mol. The van der Waals surface area contributed by atoms with E-state index in [1.165, 1.54) is 35.0 Å².